The molecule has 0 unspecified atom stereocenters. The van der Waals surface area contributed by atoms with Gasteiger partial charge in [-0.2, -0.15) is 0 Å². The van der Waals surface area contributed by atoms with E-state index in [2.05, 4.69) is 10.6 Å². The molecule has 0 aromatic heterocycles. The molecule has 0 heterocycles. The van der Waals surface area contributed by atoms with Gasteiger partial charge in [0.15, 0.2) is 6.10 Å². The smallest absolute Gasteiger partial charge is 0.332 e. The van der Waals surface area contributed by atoms with Gasteiger partial charge in [0.2, 0.25) is 0 Å². The van der Waals surface area contributed by atoms with Crippen molar-refractivity contribution in [2.45, 2.75) is 19.4 Å². The number of aliphatic carboxylic acids is 1. The van der Waals surface area contributed by atoms with Crippen LogP contribution in [0.4, 0.5) is 10.5 Å². The molecule has 0 aliphatic carbocycles. The summed E-state index contributed by atoms with van der Waals surface area (Å²) in [6.45, 7) is 1.93. The minimum absolute atomic E-state index is 0.0490. The van der Waals surface area contributed by atoms with Crippen LogP contribution in [0.25, 0.3) is 0 Å². The summed E-state index contributed by atoms with van der Waals surface area (Å²) >= 11 is 0. The number of benzene rings is 1. The predicted octanol–water partition coefficient (Wildman–Crippen LogP) is 0.961. The lowest BCUT2D eigenvalue weighted by Crippen LogP contribution is -2.33. The molecule has 0 saturated heterocycles. The van der Waals surface area contributed by atoms with Gasteiger partial charge in [-0.25, -0.2) is 9.59 Å². The summed E-state index contributed by atoms with van der Waals surface area (Å²) in [6, 6.07) is 4.85. The predicted molar refractivity (Wildman–Crippen MR) is 73.0 cm³/mol. The minimum Gasteiger partial charge on any atom is -0.495 e. The molecule has 110 valence electrons. The molecule has 1 rings (SSSR count). The number of anilines is 1. The SMILES string of the molecule is COc1ccc(C)cc1NC(=O)NCC[C@H](O)C(=O)O. The lowest BCUT2D eigenvalue weighted by atomic mass is 10.2. The van der Waals surface area contributed by atoms with Gasteiger partial charge in [0, 0.05) is 13.0 Å². The van der Waals surface area contributed by atoms with Crippen LogP contribution in [0.3, 0.4) is 0 Å². The first kappa shape index (κ1) is 15.8. The maximum atomic E-state index is 11.6. The van der Waals surface area contributed by atoms with Crippen molar-refractivity contribution < 1.29 is 24.5 Å². The molecule has 1 aromatic rings. The minimum atomic E-state index is -1.48. The van der Waals surface area contributed by atoms with Crippen LogP contribution in [0.5, 0.6) is 5.75 Å². The molecule has 7 nitrogen and oxygen atoms in total. The molecule has 0 spiro atoms. The van der Waals surface area contributed by atoms with E-state index in [-0.39, 0.29) is 13.0 Å². The number of carbonyl (C=O) groups excluding carboxylic acids is 1. The fourth-order valence-electron chi connectivity index (χ4n) is 1.53. The third-order valence-electron chi connectivity index (χ3n) is 2.59. The highest BCUT2D eigenvalue weighted by molar-refractivity contribution is 5.91. The van der Waals surface area contributed by atoms with Crippen LogP contribution in [0.2, 0.25) is 0 Å². The third-order valence-corrected chi connectivity index (χ3v) is 2.59. The largest absolute Gasteiger partial charge is 0.495 e. The highest BCUT2D eigenvalue weighted by atomic mass is 16.5. The Balaban J connectivity index is 2.50. The summed E-state index contributed by atoms with van der Waals surface area (Å²) in [5.41, 5.74) is 1.48. The van der Waals surface area contributed by atoms with Gasteiger partial charge in [0.1, 0.15) is 5.75 Å². The van der Waals surface area contributed by atoms with Crippen molar-refractivity contribution in [3.63, 3.8) is 0 Å². The number of aliphatic hydroxyl groups excluding tert-OH is 1. The molecule has 0 saturated carbocycles. The number of hydrogen-bond donors (Lipinski definition) is 4. The van der Waals surface area contributed by atoms with Crippen molar-refractivity contribution in [2.24, 2.45) is 0 Å². The van der Waals surface area contributed by atoms with Crippen molar-refractivity contribution in [1.82, 2.24) is 5.32 Å². The first-order chi connectivity index (χ1) is 9.43. The van der Waals surface area contributed by atoms with E-state index in [0.717, 1.165) is 5.56 Å². The van der Waals surface area contributed by atoms with E-state index >= 15 is 0 Å². The van der Waals surface area contributed by atoms with E-state index < -0.39 is 18.1 Å². The van der Waals surface area contributed by atoms with E-state index in [1.165, 1.54) is 7.11 Å². The van der Waals surface area contributed by atoms with Crippen LogP contribution in [0, 0.1) is 6.92 Å². The van der Waals surface area contributed by atoms with E-state index in [0.29, 0.717) is 11.4 Å². The topological polar surface area (TPSA) is 108 Å². The number of amides is 2. The second-order valence-electron chi connectivity index (χ2n) is 4.23. The zero-order chi connectivity index (χ0) is 15.1. The number of carbonyl (C=O) groups is 2. The summed E-state index contributed by atoms with van der Waals surface area (Å²) in [5, 5.41) is 22.6. The fraction of sp³-hybridized carbons (Fsp3) is 0.385. The Morgan fingerprint density at radius 3 is 2.70 bits per heavy atom. The van der Waals surface area contributed by atoms with Crippen LogP contribution in [-0.4, -0.2) is 42.0 Å². The number of aryl methyl sites for hydroxylation is 1. The molecule has 1 atom stereocenters. The van der Waals surface area contributed by atoms with E-state index in [4.69, 9.17) is 14.9 Å². The quantitative estimate of drug-likeness (QED) is 0.621. The van der Waals surface area contributed by atoms with Gasteiger partial charge >= 0.3 is 12.0 Å². The third kappa shape index (κ3) is 4.77. The van der Waals surface area contributed by atoms with Crippen molar-refractivity contribution in [2.75, 3.05) is 19.0 Å². The number of aliphatic hydroxyl groups is 1. The van der Waals surface area contributed by atoms with Gasteiger partial charge in [-0.1, -0.05) is 6.07 Å². The molecule has 2 amide bonds. The van der Waals surface area contributed by atoms with Crippen LogP contribution in [-0.2, 0) is 4.79 Å². The number of methoxy groups -OCH3 is 1. The van der Waals surface area contributed by atoms with Crippen molar-refractivity contribution in [1.29, 1.82) is 0 Å². The Morgan fingerprint density at radius 1 is 1.40 bits per heavy atom. The van der Waals surface area contributed by atoms with Gasteiger partial charge in [0.25, 0.3) is 0 Å². The second-order valence-corrected chi connectivity index (χ2v) is 4.23. The molecule has 20 heavy (non-hydrogen) atoms. The van der Waals surface area contributed by atoms with Crippen LogP contribution >= 0.6 is 0 Å². The highest BCUT2D eigenvalue weighted by Gasteiger charge is 2.13. The van der Waals surface area contributed by atoms with Gasteiger partial charge in [-0.05, 0) is 24.6 Å². The Hall–Kier alpha value is -2.28. The molecule has 1 aromatic carbocycles. The van der Waals surface area contributed by atoms with Crippen LogP contribution in [0.15, 0.2) is 18.2 Å². The maximum Gasteiger partial charge on any atom is 0.332 e. The first-order valence-electron chi connectivity index (χ1n) is 6.04. The van der Waals surface area contributed by atoms with Crippen molar-refractivity contribution in [3.8, 4) is 5.75 Å². The fourth-order valence-corrected chi connectivity index (χ4v) is 1.53. The summed E-state index contributed by atoms with van der Waals surface area (Å²) in [5.74, 6) is -0.788. The van der Waals surface area contributed by atoms with E-state index in [9.17, 15) is 9.59 Å². The number of carboxylic acid groups (broad SMARTS) is 1. The number of rotatable bonds is 6. The molecule has 7 heteroatoms. The molecule has 0 fully saturated rings. The van der Waals surface area contributed by atoms with Crippen molar-refractivity contribution in [3.05, 3.63) is 23.8 Å². The average Bonchev–Trinajstić information content (AvgIpc) is 2.38. The maximum absolute atomic E-state index is 11.6. The van der Waals surface area contributed by atoms with Crippen LogP contribution in [0.1, 0.15) is 12.0 Å². The monoisotopic (exact) mass is 282 g/mol. The van der Waals surface area contributed by atoms with E-state index in [1.54, 1.807) is 12.1 Å². The number of ether oxygens (including phenoxy) is 1. The second kappa shape index (κ2) is 7.34. The molecule has 0 aliphatic heterocycles. The number of carboxylic acids is 1. The number of hydrogen-bond acceptors (Lipinski definition) is 4. The zero-order valence-electron chi connectivity index (χ0n) is 11.3. The summed E-state index contributed by atoms with van der Waals surface area (Å²) < 4.78 is 5.12. The summed E-state index contributed by atoms with van der Waals surface area (Å²) in [6.07, 6.45) is -1.54. The molecule has 0 radical (unpaired) electrons. The number of nitrogens with one attached hydrogen (secondary N) is 2. The Bertz CT molecular complexity index is 490. The molecule has 0 bridgehead atoms. The Labute approximate surface area is 116 Å². The van der Waals surface area contributed by atoms with Crippen molar-refractivity contribution >= 4 is 17.7 Å². The van der Waals surface area contributed by atoms with Gasteiger partial charge in [-0.3, -0.25) is 0 Å². The Morgan fingerprint density at radius 2 is 2.10 bits per heavy atom. The molecule has 4 N–H and O–H groups in total. The number of urea groups is 1. The van der Waals surface area contributed by atoms with Crippen LogP contribution < -0.4 is 15.4 Å². The zero-order valence-corrected chi connectivity index (χ0v) is 11.3. The summed E-state index contributed by atoms with van der Waals surface area (Å²) in [4.78, 5) is 22.0. The highest BCUT2D eigenvalue weighted by Crippen LogP contribution is 2.24. The standard InChI is InChI=1S/C13H18N2O5/c1-8-3-4-11(20-2)9(7-8)15-13(19)14-6-5-10(16)12(17)18/h3-4,7,10,16H,5-6H2,1-2H3,(H,17,18)(H2,14,15,19)/t10-/m0/s1. The molecular weight excluding hydrogens is 264 g/mol. The summed E-state index contributed by atoms with van der Waals surface area (Å²) in [7, 11) is 1.50. The molecular formula is C13H18N2O5. The Kier molecular flexibility index (Phi) is 5.79. The van der Waals surface area contributed by atoms with Gasteiger partial charge in [0.05, 0.1) is 12.8 Å². The lowest BCUT2D eigenvalue weighted by Gasteiger charge is -2.12. The van der Waals surface area contributed by atoms with Gasteiger partial charge in [-0.15, -0.1) is 0 Å². The van der Waals surface area contributed by atoms with Gasteiger partial charge < -0.3 is 25.6 Å². The molecule has 0 aliphatic rings. The first-order valence-corrected chi connectivity index (χ1v) is 6.04. The van der Waals surface area contributed by atoms with E-state index in [1.807, 2.05) is 13.0 Å². The average molecular weight is 282 g/mol. The normalized spacial score (nSPS) is 11.6. The lowest BCUT2D eigenvalue weighted by molar-refractivity contribution is -0.146.